The summed E-state index contributed by atoms with van der Waals surface area (Å²) < 4.78 is 2.64. The maximum Gasteiger partial charge on any atom is 0.0468 e. The number of thiophene rings is 1. The van der Waals surface area contributed by atoms with Crippen molar-refractivity contribution in [3.05, 3.63) is 193 Å². The third kappa shape index (κ3) is 6.58. The Morgan fingerprint density at radius 1 is 0.426 bits per heavy atom. The molecule has 1 aliphatic rings. The zero-order valence-electron chi connectivity index (χ0n) is 31.2. The molecule has 1 heterocycles. The molecule has 7 aromatic carbocycles. The van der Waals surface area contributed by atoms with Gasteiger partial charge in [0.25, 0.3) is 0 Å². The summed E-state index contributed by atoms with van der Waals surface area (Å²) in [5.41, 5.74) is 10.8. The quantitative estimate of drug-likeness (QED) is 0.147. The molecular formula is C51H46N2S. The maximum absolute atomic E-state index is 2.38. The monoisotopic (exact) mass is 718 g/mol. The van der Waals surface area contributed by atoms with Gasteiger partial charge in [0.05, 0.1) is 0 Å². The lowest BCUT2D eigenvalue weighted by atomic mass is 9.78. The molecule has 0 unspecified atom stereocenters. The van der Waals surface area contributed by atoms with Crippen LogP contribution in [0.5, 0.6) is 0 Å². The average molecular weight is 719 g/mol. The van der Waals surface area contributed by atoms with Gasteiger partial charge in [-0.05, 0) is 120 Å². The standard InChI is InChI=1S/C51H46N2S/c1-51(2,39-24-30-44(31-25-39)52(41-16-8-4-9-17-41)43-28-22-38(23-29-43)37-14-6-3-7-15-37)40-26-32-45(33-27-40)53(42-18-10-5-11-19-42)46-34-35-50-48(36-46)47-20-12-13-21-49(47)54-50/h4-5,8-13,16-37H,3,6-7,14-15H2,1-2H3. The third-order valence-electron chi connectivity index (χ3n) is 11.6. The van der Waals surface area contributed by atoms with Crippen LogP contribution in [0.3, 0.4) is 0 Å². The minimum atomic E-state index is -0.192. The predicted molar refractivity (Wildman–Crippen MR) is 233 cm³/mol. The molecule has 0 radical (unpaired) electrons. The smallest absolute Gasteiger partial charge is 0.0468 e. The first-order chi connectivity index (χ1) is 26.5. The lowest BCUT2D eigenvalue weighted by Gasteiger charge is -2.30. The van der Waals surface area contributed by atoms with Crippen molar-refractivity contribution in [3.63, 3.8) is 0 Å². The van der Waals surface area contributed by atoms with Gasteiger partial charge >= 0.3 is 0 Å². The van der Waals surface area contributed by atoms with Crippen molar-refractivity contribution in [2.24, 2.45) is 0 Å². The Kier molecular flexibility index (Phi) is 9.26. The molecule has 0 N–H and O–H groups in total. The van der Waals surface area contributed by atoms with Gasteiger partial charge in [0.15, 0.2) is 0 Å². The summed E-state index contributed by atoms with van der Waals surface area (Å²) in [6.45, 7) is 4.67. The van der Waals surface area contributed by atoms with Gasteiger partial charge < -0.3 is 9.80 Å². The number of nitrogens with zero attached hydrogens (tertiary/aromatic N) is 2. The minimum Gasteiger partial charge on any atom is -0.311 e. The molecule has 0 bridgehead atoms. The topological polar surface area (TPSA) is 6.48 Å². The van der Waals surface area contributed by atoms with E-state index in [1.165, 1.54) is 80.3 Å². The fraction of sp³-hybridized carbons (Fsp3) is 0.176. The molecule has 1 aliphatic carbocycles. The number of para-hydroxylation sites is 2. The Morgan fingerprint density at radius 3 is 1.44 bits per heavy atom. The van der Waals surface area contributed by atoms with Crippen LogP contribution >= 0.6 is 11.3 Å². The average Bonchev–Trinajstić information content (AvgIpc) is 3.61. The molecule has 0 atom stereocenters. The van der Waals surface area contributed by atoms with Crippen LogP contribution in [0.1, 0.15) is 68.6 Å². The molecule has 2 nitrogen and oxygen atoms in total. The summed E-state index contributed by atoms with van der Waals surface area (Å²) in [6, 6.07) is 64.8. The van der Waals surface area contributed by atoms with Gasteiger partial charge in [0.1, 0.15) is 0 Å². The van der Waals surface area contributed by atoms with E-state index in [0.717, 1.165) is 22.7 Å². The summed E-state index contributed by atoms with van der Waals surface area (Å²) in [4.78, 5) is 4.75. The molecule has 54 heavy (non-hydrogen) atoms. The largest absolute Gasteiger partial charge is 0.311 e. The molecule has 0 amide bonds. The van der Waals surface area contributed by atoms with Gasteiger partial charge in [0, 0.05) is 59.7 Å². The van der Waals surface area contributed by atoms with Gasteiger partial charge in [-0.3, -0.25) is 0 Å². The number of hydrogen-bond donors (Lipinski definition) is 0. The second kappa shape index (κ2) is 14.6. The normalized spacial score (nSPS) is 13.7. The number of benzene rings is 7. The summed E-state index contributed by atoms with van der Waals surface area (Å²) in [7, 11) is 0. The van der Waals surface area contributed by atoms with E-state index in [0.29, 0.717) is 5.92 Å². The fourth-order valence-corrected chi connectivity index (χ4v) is 9.54. The molecule has 3 heteroatoms. The highest BCUT2D eigenvalue weighted by atomic mass is 32.1. The zero-order valence-corrected chi connectivity index (χ0v) is 32.0. The van der Waals surface area contributed by atoms with Crippen LogP contribution in [0.2, 0.25) is 0 Å². The number of fused-ring (bicyclic) bond motifs is 3. The first kappa shape index (κ1) is 34.1. The molecular weight excluding hydrogens is 673 g/mol. The lowest BCUT2D eigenvalue weighted by Crippen LogP contribution is -2.19. The van der Waals surface area contributed by atoms with Crippen molar-refractivity contribution in [1.29, 1.82) is 0 Å². The zero-order chi connectivity index (χ0) is 36.5. The van der Waals surface area contributed by atoms with E-state index in [1.54, 1.807) is 0 Å². The van der Waals surface area contributed by atoms with Crippen LogP contribution in [-0.2, 0) is 5.41 Å². The van der Waals surface area contributed by atoms with Crippen LogP contribution in [0.25, 0.3) is 20.2 Å². The van der Waals surface area contributed by atoms with Gasteiger partial charge in [-0.2, -0.15) is 0 Å². The molecule has 266 valence electrons. The molecule has 1 saturated carbocycles. The lowest BCUT2D eigenvalue weighted by molar-refractivity contribution is 0.443. The second-order valence-corrected chi connectivity index (χ2v) is 16.3. The Morgan fingerprint density at radius 2 is 0.870 bits per heavy atom. The molecule has 1 fully saturated rings. The van der Waals surface area contributed by atoms with Crippen LogP contribution in [0.15, 0.2) is 176 Å². The SMILES string of the molecule is CC(C)(c1ccc(N(c2ccccc2)c2ccc(C3CCCCC3)cc2)cc1)c1ccc(N(c2ccccc2)c2ccc3sc4ccccc4c3c2)cc1. The van der Waals surface area contributed by atoms with Crippen LogP contribution in [0, 0.1) is 0 Å². The van der Waals surface area contributed by atoms with Crippen molar-refractivity contribution in [1.82, 2.24) is 0 Å². The van der Waals surface area contributed by atoms with Crippen molar-refractivity contribution in [3.8, 4) is 0 Å². The van der Waals surface area contributed by atoms with Gasteiger partial charge in [-0.15, -0.1) is 11.3 Å². The molecule has 8 aromatic rings. The van der Waals surface area contributed by atoms with E-state index >= 15 is 0 Å². The summed E-state index contributed by atoms with van der Waals surface area (Å²) in [6.07, 6.45) is 6.72. The molecule has 1 aromatic heterocycles. The van der Waals surface area contributed by atoms with Crippen molar-refractivity contribution in [2.75, 3.05) is 9.80 Å². The Bertz CT molecular complexity index is 2480. The van der Waals surface area contributed by atoms with Crippen molar-refractivity contribution in [2.45, 2.75) is 57.3 Å². The second-order valence-electron chi connectivity index (χ2n) is 15.3. The van der Waals surface area contributed by atoms with Crippen LogP contribution in [0.4, 0.5) is 34.1 Å². The predicted octanol–water partition coefficient (Wildman–Crippen LogP) is 15.4. The minimum absolute atomic E-state index is 0.192. The van der Waals surface area contributed by atoms with Crippen molar-refractivity contribution < 1.29 is 0 Å². The van der Waals surface area contributed by atoms with E-state index in [2.05, 4.69) is 200 Å². The van der Waals surface area contributed by atoms with Gasteiger partial charge in [0.2, 0.25) is 0 Å². The van der Waals surface area contributed by atoms with E-state index < -0.39 is 0 Å². The highest BCUT2D eigenvalue weighted by molar-refractivity contribution is 7.25. The van der Waals surface area contributed by atoms with E-state index in [1.807, 2.05) is 11.3 Å². The number of rotatable bonds is 9. The van der Waals surface area contributed by atoms with Crippen LogP contribution < -0.4 is 9.80 Å². The molecule has 0 saturated heterocycles. The first-order valence-electron chi connectivity index (χ1n) is 19.5. The maximum atomic E-state index is 2.38. The van der Waals surface area contributed by atoms with Crippen LogP contribution in [-0.4, -0.2) is 0 Å². The summed E-state index contributed by atoms with van der Waals surface area (Å²) in [5, 5.41) is 2.62. The van der Waals surface area contributed by atoms with E-state index in [9.17, 15) is 0 Å². The molecule has 0 aliphatic heterocycles. The Hall–Kier alpha value is -5.64. The summed E-state index contributed by atoms with van der Waals surface area (Å²) >= 11 is 1.86. The third-order valence-corrected chi connectivity index (χ3v) is 12.7. The highest BCUT2D eigenvalue weighted by Crippen LogP contribution is 2.43. The molecule has 0 spiro atoms. The number of hydrogen-bond acceptors (Lipinski definition) is 3. The Balaban J connectivity index is 1.01. The van der Waals surface area contributed by atoms with Crippen molar-refractivity contribution >= 4 is 65.6 Å². The number of anilines is 6. The van der Waals surface area contributed by atoms with Gasteiger partial charge in [-0.25, -0.2) is 0 Å². The first-order valence-corrected chi connectivity index (χ1v) is 20.3. The van der Waals surface area contributed by atoms with Gasteiger partial charge in [-0.1, -0.05) is 124 Å². The summed E-state index contributed by atoms with van der Waals surface area (Å²) in [5.74, 6) is 0.700. The Labute approximate surface area is 324 Å². The molecule has 9 rings (SSSR count). The fourth-order valence-electron chi connectivity index (χ4n) is 8.45. The highest BCUT2D eigenvalue weighted by Gasteiger charge is 2.25. The van der Waals surface area contributed by atoms with E-state index in [-0.39, 0.29) is 5.41 Å². The van der Waals surface area contributed by atoms with E-state index in [4.69, 9.17) is 0 Å².